The Morgan fingerprint density at radius 2 is 2.44 bits per heavy atom. The van der Waals surface area contributed by atoms with Crippen molar-refractivity contribution in [3.63, 3.8) is 0 Å². The minimum absolute atomic E-state index is 0.0731. The second-order valence-electron chi connectivity index (χ2n) is 3.14. The number of thioether (sulfide) groups is 1. The topological polar surface area (TPSA) is 33.5 Å². The molecule has 1 amide bonds. The van der Waals surface area contributed by atoms with Gasteiger partial charge in [-0.25, -0.2) is 0 Å². The predicted molar refractivity (Wildman–Crippen MR) is 68.8 cm³/mol. The molecule has 0 unspecified atom stereocenters. The number of hydrogen-bond donors (Lipinski definition) is 0. The van der Waals surface area contributed by atoms with Crippen LogP contribution in [0.4, 0.5) is 0 Å². The minimum atomic E-state index is -0.0731. The lowest BCUT2D eigenvalue weighted by Gasteiger charge is -2.10. The van der Waals surface area contributed by atoms with Crippen molar-refractivity contribution in [3.8, 4) is 0 Å². The monoisotopic (exact) mass is 251 g/mol. The van der Waals surface area contributed by atoms with Crippen LogP contribution in [-0.4, -0.2) is 21.7 Å². The Kier molecular flexibility index (Phi) is 3.26. The van der Waals surface area contributed by atoms with Gasteiger partial charge in [0.05, 0.1) is 17.4 Å². The van der Waals surface area contributed by atoms with E-state index in [0.29, 0.717) is 15.8 Å². The number of thiocarbonyl (C=S) groups is 1. The average Bonchev–Trinajstić information content (AvgIpc) is 2.84. The Morgan fingerprint density at radius 1 is 1.62 bits per heavy atom. The van der Waals surface area contributed by atoms with Gasteiger partial charge in [0.15, 0.2) is 0 Å². The number of nitrogens with zero attached hydrogens (tertiary/aromatic N) is 1. The van der Waals surface area contributed by atoms with Gasteiger partial charge in [0.25, 0.3) is 5.91 Å². The first-order valence-corrected chi connectivity index (χ1v) is 5.83. The van der Waals surface area contributed by atoms with E-state index in [4.69, 9.17) is 16.6 Å². The molecule has 1 aromatic heterocycles. The molecule has 0 bridgehead atoms. The highest BCUT2D eigenvalue weighted by Crippen LogP contribution is 2.32. The van der Waals surface area contributed by atoms with E-state index in [-0.39, 0.29) is 5.91 Å². The summed E-state index contributed by atoms with van der Waals surface area (Å²) in [6, 6.07) is 1.79. The molecule has 5 heteroatoms. The minimum Gasteiger partial charge on any atom is -0.472 e. The third-order valence-corrected chi connectivity index (χ3v) is 3.40. The van der Waals surface area contributed by atoms with E-state index in [2.05, 4.69) is 6.58 Å². The third kappa shape index (κ3) is 2.10. The summed E-state index contributed by atoms with van der Waals surface area (Å²) >= 11 is 6.41. The predicted octanol–water partition coefficient (Wildman–Crippen LogP) is 2.67. The van der Waals surface area contributed by atoms with E-state index >= 15 is 0 Å². The van der Waals surface area contributed by atoms with Crippen LogP contribution in [0, 0.1) is 0 Å². The van der Waals surface area contributed by atoms with Gasteiger partial charge in [0, 0.05) is 12.1 Å². The highest BCUT2D eigenvalue weighted by Gasteiger charge is 2.30. The summed E-state index contributed by atoms with van der Waals surface area (Å²) < 4.78 is 5.50. The van der Waals surface area contributed by atoms with Crippen molar-refractivity contribution < 1.29 is 9.21 Å². The van der Waals surface area contributed by atoms with Crippen LogP contribution in [0.25, 0.3) is 6.08 Å². The first-order chi connectivity index (χ1) is 7.72. The summed E-state index contributed by atoms with van der Waals surface area (Å²) in [7, 11) is 0. The van der Waals surface area contributed by atoms with Crippen LogP contribution in [0.2, 0.25) is 0 Å². The molecule has 1 aromatic rings. The van der Waals surface area contributed by atoms with Crippen LogP contribution in [0.5, 0.6) is 0 Å². The molecule has 16 heavy (non-hydrogen) atoms. The van der Waals surface area contributed by atoms with Crippen molar-refractivity contribution >= 4 is 40.3 Å². The van der Waals surface area contributed by atoms with Gasteiger partial charge in [0.1, 0.15) is 4.32 Å². The number of furan rings is 1. The van der Waals surface area contributed by atoms with Gasteiger partial charge in [-0.15, -0.1) is 6.58 Å². The van der Waals surface area contributed by atoms with E-state index in [1.54, 1.807) is 30.7 Å². The van der Waals surface area contributed by atoms with Crippen LogP contribution < -0.4 is 0 Å². The van der Waals surface area contributed by atoms with Crippen LogP contribution >= 0.6 is 24.0 Å². The van der Waals surface area contributed by atoms with Gasteiger partial charge >= 0.3 is 0 Å². The van der Waals surface area contributed by atoms with Crippen molar-refractivity contribution in [2.24, 2.45) is 0 Å². The van der Waals surface area contributed by atoms with Crippen molar-refractivity contribution in [1.29, 1.82) is 0 Å². The quantitative estimate of drug-likeness (QED) is 0.470. The molecule has 0 aliphatic carbocycles. The number of carbonyl (C=O) groups excluding carboxylic acids is 1. The van der Waals surface area contributed by atoms with E-state index in [1.807, 2.05) is 0 Å². The number of amides is 1. The molecular weight excluding hydrogens is 242 g/mol. The zero-order valence-corrected chi connectivity index (χ0v) is 10.0. The van der Waals surface area contributed by atoms with Gasteiger partial charge in [-0.05, 0) is 12.1 Å². The van der Waals surface area contributed by atoms with E-state index in [1.165, 1.54) is 16.7 Å². The largest absolute Gasteiger partial charge is 0.472 e. The molecule has 0 radical (unpaired) electrons. The van der Waals surface area contributed by atoms with Gasteiger partial charge < -0.3 is 4.42 Å². The summed E-state index contributed by atoms with van der Waals surface area (Å²) in [5, 5.41) is 0. The van der Waals surface area contributed by atoms with Crippen molar-refractivity contribution in [1.82, 2.24) is 4.90 Å². The maximum Gasteiger partial charge on any atom is 0.266 e. The molecule has 1 fully saturated rings. The molecule has 1 aliphatic heterocycles. The van der Waals surface area contributed by atoms with Crippen LogP contribution in [0.15, 0.2) is 40.6 Å². The summed E-state index contributed by atoms with van der Waals surface area (Å²) in [6.07, 6.45) is 6.58. The molecule has 2 heterocycles. The Hall–Kier alpha value is -1.33. The molecule has 1 aliphatic rings. The molecule has 0 spiro atoms. The maximum atomic E-state index is 11.9. The highest BCUT2D eigenvalue weighted by atomic mass is 32.2. The number of rotatable bonds is 3. The molecular formula is C11H9NO2S2. The zero-order chi connectivity index (χ0) is 11.5. The lowest BCUT2D eigenvalue weighted by molar-refractivity contribution is -0.121. The Labute approximate surface area is 103 Å². The molecule has 2 rings (SSSR count). The summed E-state index contributed by atoms with van der Waals surface area (Å²) in [5.41, 5.74) is 0.860. The van der Waals surface area contributed by atoms with Crippen LogP contribution in [-0.2, 0) is 4.79 Å². The fourth-order valence-electron chi connectivity index (χ4n) is 1.29. The zero-order valence-electron chi connectivity index (χ0n) is 8.38. The highest BCUT2D eigenvalue weighted by molar-refractivity contribution is 8.26. The first-order valence-electron chi connectivity index (χ1n) is 4.61. The van der Waals surface area contributed by atoms with Gasteiger partial charge in [-0.1, -0.05) is 30.1 Å². The van der Waals surface area contributed by atoms with Crippen LogP contribution in [0.3, 0.4) is 0 Å². The maximum absolute atomic E-state index is 11.9. The smallest absolute Gasteiger partial charge is 0.266 e. The summed E-state index contributed by atoms with van der Waals surface area (Å²) in [4.78, 5) is 14.0. The summed E-state index contributed by atoms with van der Waals surface area (Å²) in [6.45, 7) is 4.05. The van der Waals surface area contributed by atoms with Gasteiger partial charge in [-0.2, -0.15) is 0 Å². The van der Waals surface area contributed by atoms with Crippen molar-refractivity contribution in [3.05, 3.63) is 41.7 Å². The second-order valence-corrected chi connectivity index (χ2v) is 4.81. The van der Waals surface area contributed by atoms with E-state index < -0.39 is 0 Å². The molecule has 3 nitrogen and oxygen atoms in total. The molecule has 82 valence electrons. The number of hydrogen-bond acceptors (Lipinski definition) is 4. The standard InChI is InChI=1S/C11H9NO2S2/c1-2-4-12-10(13)9(16-11(12)15)6-8-3-5-14-7-8/h2-3,5-7H,1,4H2. The SMILES string of the molecule is C=CCN1C(=O)C(=Cc2ccoc2)SC1=S. The molecule has 0 aromatic carbocycles. The molecule has 0 saturated carbocycles. The lowest BCUT2D eigenvalue weighted by atomic mass is 10.3. The Morgan fingerprint density at radius 3 is 3.06 bits per heavy atom. The third-order valence-electron chi connectivity index (χ3n) is 2.03. The normalized spacial score (nSPS) is 18.5. The second kappa shape index (κ2) is 4.67. The molecule has 0 N–H and O–H groups in total. The van der Waals surface area contributed by atoms with Crippen molar-refractivity contribution in [2.45, 2.75) is 0 Å². The van der Waals surface area contributed by atoms with Gasteiger partial charge in [-0.3, -0.25) is 9.69 Å². The van der Waals surface area contributed by atoms with Crippen molar-refractivity contribution in [2.75, 3.05) is 6.54 Å². The van der Waals surface area contributed by atoms with E-state index in [0.717, 1.165) is 5.56 Å². The fourth-order valence-corrected chi connectivity index (χ4v) is 2.57. The van der Waals surface area contributed by atoms with Gasteiger partial charge in [0.2, 0.25) is 0 Å². The Balaban J connectivity index is 2.23. The molecule has 0 atom stereocenters. The van der Waals surface area contributed by atoms with E-state index in [9.17, 15) is 4.79 Å². The average molecular weight is 251 g/mol. The lowest BCUT2D eigenvalue weighted by Crippen LogP contribution is -2.27. The summed E-state index contributed by atoms with van der Waals surface area (Å²) in [5.74, 6) is -0.0731. The Bertz CT molecular complexity index is 462. The number of carbonyl (C=O) groups is 1. The fraction of sp³-hybridized carbons (Fsp3) is 0.0909. The van der Waals surface area contributed by atoms with Crippen LogP contribution in [0.1, 0.15) is 5.56 Å². The first kappa shape index (κ1) is 11.2. The molecule has 1 saturated heterocycles.